The van der Waals surface area contributed by atoms with Crippen LogP contribution in [0.2, 0.25) is 0 Å². The van der Waals surface area contributed by atoms with Gasteiger partial charge in [-0.25, -0.2) is 0 Å². The van der Waals surface area contributed by atoms with Gasteiger partial charge in [-0.2, -0.15) is 0 Å². The molecule has 2 aliphatic rings. The Morgan fingerprint density at radius 3 is 2.88 bits per heavy atom. The number of hydrogen-bond acceptors (Lipinski definition) is 1. The van der Waals surface area contributed by atoms with E-state index in [0.717, 1.165) is 23.8 Å². The van der Waals surface area contributed by atoms with Crippen molar-refractivity contribution in [2.75, 3.05) is 6.61 Å². The summed E-state index contributed by atoms with van der Waals surface area (Å²) in [5.74, 6) is 1.70. The van der Waals surface area contributed by atoms with E-state index in [1.165, 1.54) is 31.3 Å². The minimum atomic E-state index is 0.198. The molecule has 2 fully saturated rings. The van der Waals surface area contributed by atoms with Crippen molar-refractivity contribution in [3.63, 3.8) is 0 Å². The third-order valence-electron chi connectivity index (χ3n) is 4.97. The normalized spacial score (nSPS) is 38.4. The summed E-state index contributed by atoms with van der Waals surface area (Å²) < 4.78 is 0. The molecule has 0 aromatic rings. The molecule has 0 aromatic heterocycles. The smallest absolute Gasteiger partial charge is 0.0639 e. The molecule has 0 saturated heterocycles. The number of hydrogen-bond donors (Lipinski definition) is 1. The van der Waals surface area contributed by atoms with Gasteiger partial charge in [0, 0.05) is 0 Å². The molecule has 0 spiro atoms. The van der Waals surface area contributed by atoms with Crippen LogP contribution in [0.1, 0.15) is 46.0 Å². The zero-order chi connectivity index (χ0) is 11.8. The molecule has 3 atom stereocenters. The molecule has 1 nitrogen and oxygen atoms in total. The summed E-state index contributed by atoms with van der Waals surface area (Å²) in [4.78, 5) is 0. The molecular weight excluding hydrogens is 196 g/mol. The Morgan fingerprint density at radius 2 is 2.31 bits per heavy atom. The van der Waals surface area contributed by atoms with Gasteiger partial charge in [-0.15, -0.1) is 0 Å². The minimum Gasteiger partial charge on any atom is -0.392 e. The highest BCUT2D eigenvalue weighted by Gasteiger charge is 2.49. The average molecular weight is 220 g/mol. The molecule has 2 rings (SSSR count). The van der Waals surface area contributed by atoms with Gasteiger partial charge in [0.15, 0.2) is 0 Å². The molecule has 2 aliphatic carbocycles. The predicted octanol–water partition coefficient (Wildman–Crippen LogP) is 3.70. The lowest BCUT2D eigenvalue weighted by molar-refractivity contribution is 0.240. The molecule has 0 aromatic carbocycles. The van der Waals surface area contributed by atoms with Gasteiger partial charge in [-0.1, -0.05) is 30.7 Å². The molecule has 1 heteroatoms. The SMILES string of the molecule is C=C1[C@@H]2CC[C@@H](C2)[C@@]1(C)CCC=C(C)CO. The van der Waals surface area contributed by atoms with Crippen molar-refractivity contribution in [1.29, 1.82) is 0 Å². The maximum Gasteiger partial charge on any atom is 0.0639 e. The van der Waals surface area contributed by atoms with Gasteiger partial charge in [-0.05, 0) is 56.3 Å². The maximum atomic E-state index is 8.96. The van der Waals surface area contributed by atoms with E-state index in [9.17, 15) is 0 Å². The zero-order valence-electron chi connectivity index (χ0n) is 10.6. The van der Waals surface area contributed by atoms with Crippen LogP contribution in [0.3, 0.4) is 0 Å². The summed E-state index contributed by atoms with van der Waals surface area (Å²) in [6.07, 6.45) is 8.66. The summed E-state index contributed by atoms with van der Waals surface area (Å²) >= 11 is 0. The van der Waals surface area contributed by atoms with Gasteiger partial charge in [0.1, 0.15) is 0 Å². The lowest BCUT2D eigenvalue weighted by atomic mass is 9.69. The highest BCUT2D eigenvalue weighted by molar-refractivity contribution is 5.24. The predicted molar refractivity (Wildman–Crippen MR) is 68.2 cm³/mol. The number of aliphatic hydroxyl groups excluding tert-OH is 1. The van der Waals surface area contributed by atoms with Crippen LogP contribution in [0.4, 0.5) is 0 Å². The molecule has 0 radical (unpaired) electrons. The third-order valence-corrected chi connectivity index (χ3v) is 4.97. The Morgan fingerprint density at radius 1 is 1.56 bits per heavy atom. The number of rotatable bonds is 4. The van der Waals surface area contributed by atoms with E-state index >= 15 is 0 Å². The van der Waals surface area contributed by atoms with Crippen LogP contribution >= 0.6 is 0 Å². The van der Waals surface area contributed by atoms with Crippen molar-refractivity contribution in [1.82, 2.24) is 0 Å². The number of allylic oxidation sites excluding steroid dienone is 2. The number of fused-ring (bicyclic) bond motifs is 2. The third kappa shape index (κ3) is 1.86. The second kappa shape index (κ2) is 4.37. The highest BCUT2D eigenvalue weighted by Crippen LogP contribution is 2.60. The fourth-order valence-corrected chi connectivity index (χ4v) is 3.65. The van der Waals surface area contributed by atoms with Crippen LogP contribution in [0.5, 0.6) is 0 Å². The monoisotopic (exact) mass is 220 g/mol. The van der Waals surface area contributed by atoms with Crippen LogP contribution in [0.25, 0.3) is 0 Å². The first-order valence-corrected chi connectivity index (χ1v) is 6.53. The first kappa shape index (κ1) is 11.9. The summed E-state index contributed by atoms with van der Waals surface area (Å²) in [5.41, 5.74) is 2.99. The van der Waals surface area contributed by atoms with Gasteiger partial charge < -0.3 is 5.11 Å². The van der Waals surface area contributed by atoms with E-state index in [0.29, 0.717) is 5.41 Å². The molecule has 0 heterocycles. The summed E-state index contributed by atoms with van der Waals surface area (Å²) in [7, 11) is 0. The van der Waals surface area contributed by atoms with Gasteiger partial charge in [-0.3, -0.25) is 0 Å². The molecule has 16 heavy (non-hydrogen) atoms. The van der Waals surface area contributed by atoms with Gasteiger partial charge in [0.05, 0.1) is 6.61 Å². The second-order valence-electron chi connectivity index (χ2n) is 5.90. The lowest BCUT2D eigenvalue weighted by Crippen LogP contribution is -2.26. The fourth-order valence-electron chi connectivity index (χ4n) is 3.65. The van der Waals surface area contributed by atoms with Gasteiger partial charge >= 0.3 is 0 Å². The van der Waals surface area contributed by atoms with E-state index in [4.69, 9.17) is 5.11 Å². The first-order chi connectivity index (χ1) is 7.58. The average Bonchev–Trinajstić information content (AvgIpc) is 2.83. The Bertz CT molecular complexity index is 315. The Hall–Kier alpha value is -0.560. The van der Waals surface area contributed by atoms with Crippen molar-refractivity contribution in [2.45, 2.75) is 46.0 Å². The molecule has 90 valence electrons. The Labute approximate surface area is 99.3 Å². The second-order valence-corrected chi connectivity index (χ2v) is 5.90. The summed E-state index contributed by atoms with van der Waals surface area (Å²) in [5, 5.41) is 8.96. The topological polar surface area (TPSA) is 20.2 Å². The van der Waals surface area contributed by atoms with Crippen molar-refractivity contribution in [2.24, 2.45) is 17.3 Å². The van der Waals surface area contributed by atoms with E-state index in [-0.39, 0.29) is 6.61 Å². The van der Waals surface area contributed by atoms with Crippen molar-refractivity contribution >= 4 is 0 Å². The molecule has 0 aliphatic heterocycles. The van der Waals surface area contributed by atoms with Crippen molar-refractivity contribution < 1.29 is 5.11 Å². The highest BCUT2D eigenvalue weighted by atomic mass is 16.3. The van der Waals surface area contributed by atoms with E-state index < -0.39 is 0 Å². The largest absolute Gasteiger partial charge is 0.392 e. The van der Waals surface area contributed by atoms with E-state index in [1.807, 2.05) is 6.92 Å². The summed E-state index contributed by atoms with van der Waals surface area (Å²) in [6, 6.07) is 0. The van der Waals surface area contributed by atoms with Gasteiger partial charge in [0.2, 0.25) is 0 Å². The van der Waals surface area contributed by atoms with E-state index in [2.05, 4.69) is 19.6 Å². The summed E-state index contributed by atoms with van der Waals surface area (Å²) in [6.45, 7) is 8.94. The Kier molecular flexibility index (Phi) is 3.25. The minimum absolute atomic E-state index is 0.198. The Balaban J connectivity index is 1.96. The molecule has 2 saturated carbocycles. The van der Waals surface area contributed by atoms with Crippen LogP contribution in [0, 0.1) is 17.3 Å². The molecule has 0 amide bonds. The number of aliphatic hydroxyl groups is 1. The van der Waals surface area contributed by atoms with Crippen LogP contribution < -0.4 is 0 Å². The van der Waals surface area contributed by atoms with E-state index in [1.54, 1.807) is 0 Å². The van der Waals surface area contributed by atoms with Gasteiger partial charge in [0.25, 0.3) is 0 Å². The van der Waals surface area contributed by atoms with Crippen molar-refractivity contribution in [3.8, 4) is 0 Å². The molecule has 1 N–H and O–H groups in total. The van der Waals surface area contributed by atoms with Crippen LogP contribution in [-0.2, 0) is 0 Å². The lowest BCUT2D eigenvalue weighted by Gasteiger charge is -2.36. The quantitative estimate of drug-likeness (QED) is 0.716. The first-order valence-electron chi connectivity index (χ1n) is 6.53. The van der Waals surface area contributed by atoms with Crippen molar-refractivity contribution in [3.05, 3.63) is 23.8 Å². The molecular formula is C15H24O. The van der Waals surface area contributed by atoms with Crippen LogP contribution in [-0.4, -0.2) is 11.7 Å². The van der Waals surface area contributed by atoms with Crippen LogP contribution in [0.15, 0.2) is 23.8 Å². The zero-order valence-corrected chi connectivity index (χ0v) is 10.6. The maximum absolute atomic E-state index is 8.96. The molecule has 0 unspecified atom stereocenters. The standard InChI is InChI=1S/C15H24O/c1-11(10-16)5-4-8-15(3)12(2)13-6-7-14(15)9-13/h5,13-14,16H,2,4,6-10H2,1,3H3/t13-,14+,15+/m1/s1. The fraction of sp³-hybridized carbons (Fsp3) is 0.733. The molecule has 2 bridgehead atoms.